The van der Waals surface area contributed by atoms with Crippen molar-refractivity contribution < 1.29 is 14.8 Å². The van der Waals surface area contributed by atoms with Crippen molar-refractivity contribution in [3.8, 4) is 5.75 Å². The summed E-state index contributed by atoms with van der Waals surface area (Å²) in [7, 11) is 0. The van der Waals surface area contributed by atoms with E-state index in [1.807, 2.05) is 0 Å². The van der Waals surface area contributed by atoms with Crippen LogP contribution in [-0.4, -0.2) is 22.2 Å². The first kappa shape index (κ1) is 16.9. The summed E-state index contributed by atoms with van der Waals surface area (Å²) in [6.07, 6.45) is 5.70. The van der Waals surface area contributed by atoms with E-state index in [0.717, 1.165) is 19.3 Å². The molecule has 1 aromatic rings. The number of rotatable bonds is 4. The fourth-order valence-corrected chi connectivity index (χ4v) is 4.39. The van der Waals surface area contributed by atoms with Crippen LogP contribution in [0, 0.1) is 27.4 Å². The van der Waals surface area contributed by atoms with E-state index in [1.165, 1.54) is 24.8 Å². The number of nitrogens with zero attached hydrogens (tertiary/aromatic N) is 2. The number of fused-ring (bicyclic) bond motifs is 1. The molecule has 0 bridgehead atoms. The number of nitro benzene ring substituents is 1. The SMILES string of the molecule is C[C@@]12CCCC[C@H]1[C@@H]2C(=O)N/N=C\c1cc(Br)cc([N+](=O)[O-])c1O. The van der Waals surface area contributed by atoms with Crippen molar-refractivity contribution in [2.75, 3.05) is 0 Å². The predicted octanol–water partition coefficient (Wildman–Crippen LogP) is 3.34. The topological polar surface area (TPSA) is 105 Å². The number of nitro groups is 1. The molecule has 7 nitrogen and oxygen atoms in total. The molecule has 0 spiro atoms. The molecule has 0 aliphatic heterocycles. The molecule has 0 aromatic heterocycles. The number of nitrogens with one attached hydrogen (secondary N) is 1. The molecule has 1 amide bonds. The quantitative estimate of drug-likeness (QED) is 0.463. The zero-order valence-electron chi connectivity index (χ0n) is 13.2. The van der Waals surface area contributed by atoms with Gasteiger partial charge >= 0.3 is 5.69 Å². The van der Waals surface area contributed by atoms with Crippen LogP contribution < -0.4 is 5.43 Å². The van der Waals surface area contributed by atoms with Crippen molar-refractivity contribution >= 4 is 33.7 Å². The average molecular weight is 396 g/mol. The summed E-state index contributed by atoms with van der Waals surface area (Å²) in [5.74, 6) is -0.178. The van der Waals surface area contributed by atoms with Crippen molar-refractivity contribution in [1.29, 1.82) is 0 Å². The van der Waals surface area contributed by atoms with Crippen LogP contribution in [0.4, 0.5) is 5.69 Å². The van der Waals surface area contributed by atoms with Gasteiger partial charge in [-0.15, -0.1) is 0 Å². The van der Waals surface area contributed by atoms with Crippen LogP contribution in [0.3, 0.4) is 0 Å². The fourth-order valence-electron chi connectivity index (χ4n) is 3.93. The van der Waals surface area contributed by atoms with Gasteiger partial charge in [0.05, 0.1) is 11.1 Å². The molecular formula is C16H18BrN3O4. The Morgan fingerprint density at radius 1 is 1.54 bits per heavy atom. The molecule has 2 saturated carbocycles. The Labute approximate surface area is 147 Å². The molecule has 0 radical (unpaired) electrons. The van der Waals surface area contributed by atoms with Gasteiger partial charge in [0.15, 0.2) is 0 Å². The lowest BCUT2D eigenvalue weighted by atomic mass is 9.90. The van der Waals surface area contributed by atoms with Crippen LogP contribution in [0.15, 0.2) is 21.7 Å². The zero-order valence-corrected chi connectivity index (χ0v) is 14.7. The van der Waals surface area contributed by atoms with Crippen molar-refractivity contribution in [1.82, 2.24) is 5.43 Å². The maximum Gasteiger partial charge on any atom is 0.312 e. The summed E-state index contributed by atoms with van der Waals surface area (Å²) in [6, 6.07) is 2.71. The second-order valence-electron chi connectivity index (χ2n) is 6.69. The molecule has 8 heteroatoms. The zero-order chi connectivity index (χ0) is 17.5. The van der Waals surface area contributed by atoms with Crippen molar-refractivity contribution in [2.45, 2.75) is 32.6 Å². The lowest BCUT2D eigenvalue weighted by molar-refractivity contribution is -0.385. The number of carbonyl (C=O) groups is 1. The number of carbonyl (C=O) groups excluding carboxylic acids is 1. The third-order valence-corrected chi connectivity index (χ3v) is 5.73. The lowest BCUT2D eigenvalue weighted by Crippen LogP contribution is -2.22. The van der Waals surface area contributed by atoms with Crippen molar-refractivity contribution in [3.05, 3.63) is 32.3 Å². The Kier molecular flexibility index (Phi) is 4.33. The number of phenolic OH excluding ortho intramolecular Hbond substituents is 1. The molecular weight excluding hydrogens is 378 g/mol. The second kappa shape index (κ2) is 6.16. The number of halogens is 1. The minimum absolute atomic E-state index is 0.0115. The van der Waals surface area contributed by atoms with Crippen LogP contribution in [0.2, 0.25) is 0 Å². The number of phenols is 1. The van der Waals surface area contributed by atoms with E-state index in [9.17, 15) is 20.0 Å². The highest BCUT2D eigenvalue weighted by molar-refractivity contribution is 9.10. The summed E-state index contributed by atoms with van der Waals surface area (Å²) in [6.45, 7) is 2.15. The lowest BCUT2D eigenvalue weighted by Gasteiger charge is -2.15. The second-order valence-corrected chi connectivity index (χ2v) is 7.61. The molecule has 2 aliphatic rings. The van der Waals surface area contributed by atoms with Crippen LogP contribution in [0.25, 0.3) is 0 Å². The molecule has 128 valence electrons. The number of amides is 1. The summed E-state index contributed by atoms with van der Waals surface area (Å²) >= 11 is 3.15. The molecule has 3 atom stereocenters. The van der Waals surface area contributed by atoms with E-state index in [0.29, 0.717) is 10.4 Å². The van der Waals surface area contributed by atoms with Gasteiger partial charge in [0.2, 0.25) is 11.7 Å². The van der Waals surface area contributed by atoms with E-state index in [4.69, 9.17) is 0 Å². The van der Waals surface area contributed by atoms with Crippen molar-refractivity contribution in [3.63, 3.8) is 0 Å². The van der Waals surface area contributed by atoms with Crippen molar-refractivity contribution in [2.24, 2.45) is 22.4 Å². The molecule has 1 aromatic carbocycles. The van der Waals surface area contributed by atoms with Gasteiger partial charge < -0.3 is 5.11 Å². The summed E-state index contributed by atoms with van der Waals surface area (Å²) in [5.41, 5.74) is 2.34. The molecule has 0 saturated heterocycles. The largest absolute Gasteiger partial charge is 0.502 e. The van der Waals surface area contributed by atoms with Crippen LogP contribution in [-0.2, 0) is 4.79 Å². The Morgan fingerprint density at radius 3 is 2.92 bits per heavy atom. The molecule has 3 rings (SSSR count). The molecule has 2 aliphatic carbocycles. The standard InChI is InChI=1S/C16H18BrN3O4/c1-16-5-3-2-4-11(16)13(16)15(22)19-18-8-9-6-10(17)7-12(14(9)21)20(23)24/h6-8,11,13,21H,2-5H2,1H3,(H,19,22)/b18-8-/t11-,13+,16+/m0/s1. The highest BCUT2D eigenvalue weighted by Gasteiger charge is 2.64. The van der Waals surface area contributed by atoms with Crippen LogP contribution in [0.5, 0.6) is 5.75 Å². The minimum atomic E-state index is -0.675. The average Bonchev–Trinajstić information content (AvgIpc) is 3.15. The number of hydrazone groups is 1. The van der Waals surface area contributed by atoms with Gasteiger partial charge in [0, 0.05) is 22.0 Å². The van der Waals surface area contributed by atoms with Gasteiger partial charge in [-0.2, -0.15) is 5.10 Å². The van der Waals surface area contributed by atoms with Gasteiger partial charge in [0.1, 0.15) is 0 Å². The van der Waals surface area contributed by atoms with Crippen LogP contribution >= 0.6 is 15.9 Å². The van der Waals surface area contributed by atoms with Crippen LogP contribution in [0.1, 0.15) is 38.2 Å². The molecule has 0 unspecified atom stereocenters. The third kappa shape index (κ3) is 2.90. The van der Waals surface area contributed by atoms with Gasteiger partial charge in [0.25, 0.3) is 0 Å². The van der Waals surface area contributed by atoms with E-state index >= 15 is 0 Å². The van der Waals surface area contributed by atoms with Gasteiger partial charge in [-0.25, -0.2) is 5.43 Å². The molecule has 2 N–H and O–H groups in total. The number of aromatic hydroxyl groups is 1. The monoisotopic (exact) mass is 395 g/mol. The summed E-state index contributed by atoms with van der Waals surface area (Å²) in [4.78, 5) is 22.5. The number of hydrogen-bond donors (Lipinski definition) is 2. The maximum absolute atomic E-state index is 12.3. The third-order valence-electron chi connectivity index (χ3n) is 5.27. The number of hydrogen-bond acceptors (Lipinski definition) is 5. The first-order valence-corrected chi connectivity index (χ1v) is 8.63. The Bertz CT molecular complexity index is 736. The summed E-state index contributed by atoms with van der Waals surface area (Å²) in [5, 5.41) is 24.7. The maximum atomic E-state index is 12.3. The normalized spacial score (nSPS) is 28.4. The smallest absolute Gasteiger partial charge is 0.312 e. The Hall–Kier alpha value is -1.96. The van der Waals surface area contributed by atoms with Gasteiger partial charge in [-0.1, -0.05) is 35.7 Å². The summed E-state index contributed by atoms with van der Waals surface area (Å²) < 4.78 is 0.445. The highest BCUT2D eigenvalue weighted by atomic mass is 79.9. The molecule has 24 heavy (non-hydrogen) atoms. The Balaban J connectivity index is 1.69. The van der Waals surface area contributed by atoms with E-state index in [2.05, 4.69) is 33.4 Å². The first-order chi connectivity index (χ1) is 11.3. The Morgan fingerprint density at radius 2 is 2.29 bits per heavy atom. The fraction of sp³-hybridized carbons (Fsp3) is 0.500. The van der Waals surface area contributed by atoms with E-state index < -0.39 is 16.4 Å². The van der Waals surface area contributed by atoms with Gasteiger partial charge in [-0.05, 0) is 30.2 Å². The van der Waals surface area contributed by atoms with Gasteiger partial charge in [-0.3, -0.25) is 14.9 Å². The van der Waals surface area contributed by atoms with E-state index in [1.54, 1.807) is 0 Å². The number of benzene rings is 1. The van der Waals surface area contributed by atoms with E-state index in [-0.39, 0.29) is 22.8 Å². The molecule has 0 heterocycles. The predicted molar refractivity (Wildman–Crippen MR) is 91.8 cm³/mol. The highest BCUT2D eigenvalue weighted by Crippen LogP contribution is 2.66. The molecule has 2 fully saturated rings. The minimum Gasteiger partial charge on any atom is -0.502 e. The first-order valence-electron chi connectivity index (χ1n) is 7.84.